The summed E-state index contributed by atoms with van der Waals surface area (Å²) in [7, 11) is 1.71. The zero-order valence-electron chi connectivity index (χ0n) is 16.2. The van der Waals surface area contributed by atoms with Gasteiger partial charge in [0.25, 0.3) is 0 Å². The third-order valence-electron chi connectivity index (χ3n) is 6.55. The molecule has 0 aromatic carbocycles. The van der Waals surface area contributed by atoms with Crippen LogP contribution < -0.4 is 10.6 Å². The monoisotopic (exact) mass is 365 g/mol. The number of piperidine rings is 1. The molecule has 6 heteroatoms. The third kappa shape index (κ3) is 4.58. The molecule has 148 valence electrons. The van der Waals surface area contributed by atoms with Gasteiger partial charge in [0.05, 0.1) is 11.5 Å². The van der Waals surface area contributed by atoms with Crippen molar-refractivity contribution in [3.8, 4) is 0 Å². The lowest BCUT2D eigenvalue weighted by atomic mass is 9.80. The molecule has 0 bridgehead atoms. The number of nitrogens with one attached hydrogen (secondary N) is 2. The molecular weight excluding hydrogens is 330 g/mol. The van der Waals surface area contributed by atoms with Gasteiger partial charge in [0.15, 0.2) is 0 Å². The lowest BCUT2D eigenvalue weighted by molar-refractivity contribution is -0.145. The van der Waals surface area contributed by atoms with E-state index in [9.17, 15) is 9.59 Å². The van der Waals surface area contributed by atoms with E-state index in [4.69, 9.17) is 4.74 Å². The first kappa shape index (κ1) is 19.6. The van der Waals surface area contributed by atoms with Crippen LogP contribution in [0.25, 0.3) is 0 Å². The molecule has 2 unspecified atom stereocenters. The molecule has 3 rings (SSSR count). The van der Waals surface area contributed by atoms with Crippen LogP contribution in [0.15, 0.2) is 0 Å². The number of hydrogen-bond donors (Lipinski definition) is 2. The normalized spacial score (nSPS) is 28.3. The van der Waals surface area contributed by atoms with Crippen LogP contribution >= 0.6 is 0 Å². The molecule has 2 heterocycles. The van der Waals surface area contributed by atoms with Crippen molar-refractivity contribution in [2.24, 2.45) is 11.3 Å². The van der Waals surface area contributed by atoms with Crippen molar-refractivity contribution in [2.75, 3.05) is 39.9 Å². The van der Waals surface area contributed by atoms with Gasteiger partial charge in [0.1, 0.15) is 0 Å². The quantitative estimate of drug-likeness (QED) is 0.720. The fourth-order valence-corrected chi connectivity index (χ4v) is 4.95. The van der Waals surface area contributed by atoms with Gasteiger partial charge in [-0.3, -0.25) is 9.59 Å². The number of nitrogens with zero attached hydrogens (tertiary/aromatic N) is 1. The zero-order chi connectivity index (χ0) is 18.4. The maximum absolute atomic E-state index is 13.3. The third-order valence-corrected chi connectivity index (χ3v) is 6.55. The minimum atomic E-state index is -0.199. The Balaban J connectivity index is 1.51. The van der Waals surface area contributed by atoms with E-state index < -0.39 is 0 Å². The molecule has 2 saturated heterocycles. The fraction of sp³-hybridized carbons (Fsp3) is 0.900. The maximum atomic E-state index is 13.3. The van der Waals surface area contributed by atoms with Crippen molar-refractivity contribution in [3.63, 3.8) is 0 Å². The van der Waals surface area contributed by atoms with Gasteiger partial charge in [-0.25, -0.2) is 0 Å². The number of hydrogen-bond acceptors (Lipinski definition) is 4. The second kappa shape index (κ2) is 9.18. The van der Waals surface area contributed by atoms with E-state index in [1.807, 2.05) is 0 Å². The molecule has 3 fully saturated rings. The number of amides is 2. The molecule has 6 nitrogen and oxygen atoms in total. The minimum Gasteiger partial charge on any atom is -0.385 e. The van der Waals surface area contributed by atoms with Crippen molar-refractivity contribution in [2.45, 2.75) is 63.8 Å². The molecule has 26 heavy (non-hydrogen) atoms. The van der Waals surface area contributed by atoms with Crippen LogP contribution in [0, 0.1) is 11.3 Å². The molecule has 3 aliphatic rings. The highest BCUT2D eigenvalue weighted by Gasteiger charge is 2.43. The molecule has 2 aliphatic heterocycles. The first-order valence-electron chi connectivity index (χ1n) is 10.4. The lowest BCUT2D eigenvalue weighted by Gasteiger charge is -2.39. The van der Waals surface area contributed by atoms with Crippen LogP contribution in [0.3, 0.4) is 0 Å². The molecule has 1 saturated carbocycles. The van der Waals surface area contributed by atoms with Gasteiger partial charge < -0.3 is 20.3 Å². The Kier molecular flexibility index (Phi) is 6.92. The Labute approximate surface area is 157 Å². The summed E-state index contributed by atoms with van der Waals surface area (Å²) in [6, 6.07) is -0.0212. The number of methoxy groups -OCH3 is 1. The highest BCUT2D eigenvalue weighted by atomic mass is 16.5. The molecule has 0 aromatic rings. The summed E-state index contributed by atoms with van der Waals surface area (Å²) in [6.45, 7) is 3.93. The topological polar surface area (TPSA) is 70.7 Å². The second-order valence-corrected chi connectivity index (χ2v) is 8.38. The smallest absolute Gasteiger partial charge is 0.237 e. The number of ether oxygens (including phenoxy) is 1. The summed E-state index contributed by atoms with van der Waals surface area (Å²) in [5, 5.41) is 6.35. The van der Waals surface area contributed by atoms with Crippen LogP contribution in [0.5, 0.6) is 0 Å². The largest absolute Gasteiger partial charge is 0.385 e. The Hall–Kier alpha value is -1.14. The molecule has 2 N–H and O–H groups in total. The second-order valence-electron chi connectivity index (χ2n) is 8.38. The standard InChI is InChI=1S/C20H35N3O3/c1-26-13-10-20(8-2-3-9-20)19(25)23-12-5-6-16(15-23)14-22-18(24)17-7-4-11-21-17/h16-17,21H,2-15H2,1H3,(H,22,24). The van der Waals surface area contributed by atoms with E-state index in [0.717, 1.165) is 77.4 Å². The van der Waals surface area contributed by atoms with E-state index in [-0.39, 0.29) is 17.4 Å². The van der Waals surface area contributed by atoms with Gasteiger partial charge in [0, 0.05) is 33.4 Å². The van der Waals surface area contributed by atoms with Gasteiger partial charge in [-0.15, -0.1) is 0 Å². The molecule has 2 amide bonds. The van der Waals surface area contributed by atoms with Gasteiger partial charge >= 0.3 is 0 Å². The van der Waals surface area contributed by atoms with Crippen molar-refractivity contribution in [1.29, 1.82) is 0 Å². The predicted molar refractivity (Wildman–Crippen MR) is 101 cm³/mol. The zero-order valence-corrected chi connectivity index (χ0v) is 16.2. The average molecular weight is 366 g/mol. The Morgan fingerprint density at radius 2 is 2.00 bits per heavy atom. The van der Waals surface area contributed by atoms with E-state index >= 15 is 0 Å². The molecule has 2 atom stereocenters. The maximum Gasteiger partial charge on any atom is 0.237 e. The molecule has 0 spiro atoms. The van der Waals surface area contributed by atoms with Gasteiger partial charge in [-0.2, -0.15) is 0 Å². The minimum absolute atomic E-state index is 0.0212. The number of likely N-dealkylation sites (tertiary alicyclic amines) is 1. The van der Waals surface area contributed by atoms with Crippen molar-refractivity contribution < 1.29 is 14.3 Å². The summed E-state index contributed by atoms with van der Waals surface area (Å²) < 4.78 is 5.28. The summed E-state index contributed by atoms with van der Waals surface area (Å²) in [5.41, 5.74) is -0.199. The predicted octanol–water partition coefficient (Wildman–Crippen LogP) is 1.69. The molecular formula is C20H35N3O3. The number of carbonyl (C=O) groups is 2. The van der Waals surface area contributed by atoms with Crippen LogP contribution in [0.2, 0.25) is 0 Å². The SMILES string of the molecule is COCCC1(C(=O)N2CCCC(CNC(=O)C3CCCN3)C2)CCCC1. The van der Waals surface area contributed by atoms with E-state index in [0.29, 0.717) is 25.0 Å². The van der Waals surface area contributed by atoms with Gasteiger partial charge in [-0.05, 0) is 57.4 Å². The number of rotatable bonds is 7. The van der Waals surface area contributed by atoms with Crippen molar-refractivity contribution in [3.05, 3.63) is 0 Å². The van der Waals surface area contributed by atoms with Crippen molar-refractivity contribution >= 4 is 11.8 Å². The lowest BCUT2D eigenvalue weighted by Crippen LogP contribution is -2.50. The van der Waals surface area contributed by atoms with Crippen LogP contribution in [-0.4, -0.2) is 62.7 Å². The summed E-state index contributed by atoms with van der Waals surface area (Å²) in [4.78, 5) is 27.6. The van der Waals surface area contributed by atoms with Gasteiger partial charge in [0.2, 0.25) is 11.8 Å². The highest BCUT2D eigenvalue weighted by Crippen LogP contribution is 2.43. The fourth-order valence-electron chi connectivity index (χ4n) is 4.95. The first-order chi connectivity index (χ1) is 12.6. The highest BCUT2D eigenvalue weighted by molar-refractivity contribution is 5.83. The molecule has 0 radical (unpaired) electrons. The van der Waals surface area contributed by atoms with Crippen molar-refractivity contribution in [1.82, 2.24) is 15.5 Å². The van der Waals surface area contributed by atoms with E-state index in [1.165, 1.54) is 0 Å². The van der Waals surface area contributed by atoms with Crippen LogP contribution in [-0.2, 0) is 14.3 Å². The summed E-state index contributed by atoms with van der Waals surface area (Å²) in [6.07, 6.45) is 9.28. The van der Waals surface area contributed by atoms with Crippen LogP contribution in [0.1, 0.15) is 57.8 Å². The Morgan fingerprint density at radius 3 is 2.69 bits per heavy atom. The Morgan fingerprint density at radius 1 is 1.19 bits per heavy atom. The van der Waals surface area contributed by atoms with Gasteiger partial charge in [-0.1, -0.05) is 12.8 Å². The average Bonchev–Trinajstić information content (AvgIpc) is 3.36. The van der Waals surface area contributed by atoms with Crippen LogP contribution in [0.4, 0.5) is 0 Å². The molecule has 0 aromatic heterocycles. The number of carbonyl (C=O) groups excluding carboxylic acids is 2. The Bertz CT molecular complexity index is 485. The summed E-state index contributed by atoms with van der Waals surface area (Å²) >= 11 is 0. The summed E-state index contributed by atoms with van der Waals surface area (Å²) in [5.74, 6) is 0.831. The van der Waals surface area contributed by atoms with E-state index in [1.54, 1.807) is 7.11 Å². The molecule has 1 aliphatic carbocycles. The van der Waals surface area contributed by atoms with E-state index in [2.05, 4.69) is 15.5 Å². The first-order valence-corrected chi connectivity index (χ1v) is 10.4.